The van der Waals surface area contributed by atoms with Gasteiger partial charge in [-0.15, -0.1) is 11.3 Å². The molecule has 2 aromatic heterocycles. The zero-order valence-electron chi connectivity index (χ0n) is 21.6. The fraction of sp³-hybridized carbons (Fsp3) is 0.462. The number of benzene rings is 1. The molecule has 0 atom stereocenters. The first-order valence-electron chi connectivity index (χ1n) is 12.2. The van der Waals surface area contributed by atoms with Crippen LogP contribution in [0, 0.1) is 12.7 Å². The molecule has 0 spiro atoms. The molecule has 0 aliphatic heterocycles. The van der Waals surface area contributed by atoms with Crippen molar-refractivity contribution in [2.75, 3.05) is 17.0 Å². The Labute approximate surface area is 218 Å². The third-order valence-corrected chi connectivity index (χ3v) is 7.25. The molecule has 3 aromatic rings. The molecule has 198 valence electrons. The van der Waals surface area contributed by atoms with Crippen LogP contribution in [0.2, 0.25) is 0 Å². The van der Waals surface area contributed by atoms with Crippen LogP contribution in [0.5, 0.6) is 0 Å². The van der Waals surface area contributed by atoms with E-state index in [1.54, 1.807) is 33.9 Å². The number of carboxylic acids is 1. The molecule has 11 heteroatoms. The smallest absolute Gasteiger partial charge is 0.414 e. The van der Waals surface area contributed by atoms with Gasteiger partial charge in [-0.2, -0.15) is 10.0 Å². The predicted molar refractivity (Wildman–Crippen MR) is 140 cm³/mol. The van der Waals surface area contributed by atoms with Crippen molar-refractivity contribution < 1.29 is 28.7 Å². The second-order valence-electron chi connectivity index (χ2n) is 10.1. The van der Waals surface area contributed by atoms with Gasteiger partial charge < -0.3 is 9.84 Å². The lowest BCUT2D eigenvalue weighted by molar-refractivity contribution is 0.0262. The lowest BCUT2D eigenvalue weighted by atomic mass is 9.98. The van der Waals surface area contributed by atoms with Crippen molar-refractivity contribution in [1.29, 1.82) is 0 Å². The van der Waals surface area contributed by atoms with E-state index < -0.39 is 23.5 Å². The van der Waals surface area contributed by atoms with Gasteiger partial charge in [0.2, 0.25) is 0 Å². The molecule has 9 nitrogen and oxygen atoms in total. The van der Waals surface area contributed by atoms with Crippen LogP contribution in [0.15, 0.2) is 24.4 Å². The third kappa shape index (κ3) is 5.99. The summed E-state index contributed by atoms with van der Waals surface area (Å²) < 4.78 is 20.3. The first kappa shape index (κ1) is 26.7. The van der Waals surface area contributed by atoms with Crippen LogP contribution in [-0.2, 0) is 9.57 Å². The Morgan fingerprint density at radius 3 is 2.54 bits per heavy atom. The Balaban J connectivity index is 1.75. The number of carbonyl (C=O) groups is 2. The summed E-state index contributed by atoms with van der Waals surface area (Å²) in [6.45, 7) is 6.93. The number of nitrogens with zero attached hydrogens (tertiary/aromatic N) is 4. The van der Waals surface area contributed by atoms with Gasteiger partial charge in [-0.3, -0.25) is 9.74 Å². The van der Waals surface area contributed by atoms with Crippen LogP contribution < -0.4 is 9.96 Å². The maximum atomic E-state index is 14.9. The zero-order valence-corrected chi connectivity index (χ0v) is 22.4. The van der Waals surface area contributed by atoms with Crippen LogP contribution in [-0.4, -0.2) is 45.9 Å². The van der Waals surface area contributed by atoms with Crippen LogP contribution in [0.3, 0.4) is 0 Å². The second-order valence-corrected chi connectivity index (χ2v) is 11.1. The van der Waals surface area contributed by atoms with E-state index in [1.165, 1.54) is 30.3 Å². The standard InChI is InChI=1S/C26H31FN4O5S/c1-15-18-14-28-24(29-22(18)37-21(15)23(32)33)31(36-17-9-7-6-8-10-17)16-11-12-19(27)20(13-16)30(5)25(34)35-26(2,3)4/h11-14,17H,6-10H2,1-5H3,(H,32,33). The molecule has 37 heavy (non-hydrogen) atoms. The van der Waals surface area contributed by atoms with Gasteiger partial charge in [0.25, 0.3) is 5.95 Å². The highest BCUT2D eigenvalue weighted by Gasteiger charge is 2.27. The van der Waals surface area contributed by atoms with E-state index in [9.17, 15) is 19.1 Å². The van der Waals surface area contributed by atoms with E-state index in [1.807, 2.05) is 0 Å². The molecule has 1 N–H and O–H groups in total. The lowest BCUT2D eigenvalue weighted by Crippen LogP contribution is -2.35. The Morgan fingerprint density at radius 1 is 1.19 bits per heavy atom. The Bertz CT molecular complexity index is 1320. The number of anilines is 3. The Kier molecular flexibility index (Phi) is 7.65. The fourth-order valence-corrected chi connectivity index (χ4v) is 5.13. The third-order valence-electron chi connectivity index (χ3n) is 6.06. The topological polar surface area (TPSA) is 105 Å². The molecule has 0 bridgehead atoms. The quantitative estimate of drug-likeness (QED) is 0.355. The van der Waals surface area contributed by atoms with Crippen molar-refractivity contribution >= 4 is 50.9 Å². The number of carboxylic acid groups (broad SMARTS) is 1. The minimum Gasteiger partial charge on any atom is -0.477 e. The van der Waals surface area contributed by atoms with Gasteiger partial charge in [-0.25, -0.2) is 19.0 Å². The molecule has 0 unspecified atom stereocenters. The minimum atomic E-state index is -1.02. The van der Waals surface area contributed by atoms with E-state index in [0.717, 1.165) is 48.3 Å². The summed E-state index contributed by atoms with van der Waals surface area (Å²) in [5.41, 5.74) is 0.280. The van der Waals surface area contributed by atoms with Crippen molar-refractivity contribution in [3.63, 3.8) is 0 Å². The largest absolute Gasteiger partial charge is 0.477 e. The van der Waals surface area contributed by atoms with Gasteiger partial charge in [0, 0.05) is 18.6 Å². The number of carbonyl (C=O) groups excluding carboxylic acids is 1. The molecule has 1 amide bonds. The second kappa shape index (κ2) is 10.6. The monoisotopic (exact) mass is 530 g/mol. The molecule has 1 aliphatic carbocycles. The van der Waals surface area contributed by atoms with E-state index in [-0.39, 0.29) is 22.6 Å². The van der Waals surface area contributed by atoms with Gasteiger partial charge >= 0.3 is 12.1 Å². The van der Waals surface area contributed by atoms with E-state index in [4.69, 9.17) is 9.57 Å². The van der Waals surface area contributed by atoms with Crippen molar-refractivity contribution in [2.45, 2.75) is 71.5 Å². The number of hydrogen-bond acceptors (Lipinski definition) is 8. The maximum absolute atomic E-state index is 14.9. The van der Waals surface area contributed by atoms with Gasteiger partial charge in [-0.1, -0.05) is 19.3 Å². The number of aromatic nitrogens is 2. The first-order chi connectivity index (χ1) is 17.4. The number of thiophene rings is 1. The van der Waals surface area contributed by atoms with Crippen molar-refractivity contribution in [3.05, 3.63) is 40.7 Å². The summed E-state index contributed by atoms with van der Waals surface area (Å²) in [5.74, 6) is -1.44. The van der Waals surface area contributed by atoms with Gasteiger partial charge in [0.05, 0.1) is 17.5 Å². The summed E-state index contributed by atoms with van der Waals surface area (Å²) in [4.78, 5) is 41.5. The normalized spacial score (nSPS) is 14.5. The van der Waals surface area contributed by atoms with Gasteiger partial charge in [0.1, 0.15) is 21.1 Å². The summed E-state index contributed by atoms with van der Waals surface area (Å²) in [6, 6.07) is 4.26. The average Bonchev–Trinajstić information content (AvgIpc) is 3.18. The minimum absolute atomic E-state index is 0.00482. The molecule has 1 aliphatic rings. The molecule has 4 rings (SSSR count). The molecule has 1 aromatic carbocycles. The SMILES string of the molecule is Cc1c(C(=O)O)sc2nc(N(OC3CCCCC3)c3ccc(F)c(N(C)C(=O)OC(C)(C)C)c3)ncc12. The average molecular weight is 531 g/mol. The summed E-state index contributed by atoms with van der Waals surface area (Å²) >= 11 is 1.06. The van der Waals surface area contributed by atoms with Crippen molar-refractivity contribution in [2.24, 2.45) is 0 Å². The number of amides is 1. The molecular formula is C26H31FN4O5S. The molecule has 2 heterocycles. The van der Waals surface area contributed by atoms with Crippen LogP contribution >= 0.6 is 11.3 Å². The van der Waals surface area contributed by atoms with Crippen LogP contribution in [0.4, 0.5) is 26.5 Å². The highest BCUT2D eigenvalue weighted by molar-refractivity contribution is 7.20. The molecule has 1 fully saturated rings. The highest BCUT2D eigenvalue weighted by atomic mass is 32.1. The molecule has 0 saturated heterocycles. The number of halogens is 1. The van der Waals surface area contributed by atoms with Gasteiger partial charge in [0.15, 0.2) is 0 Å². The van der Waals surface area contributed by atoms with Crippen molar-refractivity contribution in [3.8, 4) is 0 Å². The zero-order chi connectivity index (χ0) is 26.9. The van der Waals surface area contributed by atoms with E-state index in [2.05, 4.69) is 9.97 Å². The summed E-state index contributed by atoms with van der Waals surface area (Å²) in [7, 11) is 1.44. The van der Waals surface area contributed by atoms with E-state index in [0.29, 0.717) is 21.5 Å². The van der Waals surface area contributed by atoms with E-state index >= 15 is 0 Å². The highest BCUT2D eigenvalue weighted by Crippen LogP contribution is 2.35. The summed E-state index contributed by atoms with van der Waals surface area (Å²) in [5, 5.41) is 11.6. The molecule has 1 saturated carbocycles. The maximum Gasteiger partial charge on any atom is 0.414 e. The number of hydrogen-bond donors (Lipinski definition) is 1. The first-order valence-corrected chi connectivity index (χ1v) is 13.0. The van der Waals surface area contributed by atoms with Crippen LogP contribution in [0.1, 0.15) is 68.1 Å². The lowest BCUT2D eigenvalue weighted by Gasteiger charge is -2.30. The Morgan fingerprint density at radius 2 is 1.89 bits per heavy atom. The number of ether oxygens (including phenoxy) is 1. The fourth-order valence-electron chi connectivity index (χ4n) is 4.15. The van der Waals surface area contributed by atoms with Crippen molar-refractivity contribution in [1.82, 2.24) is 9.97 Å². The number of aryl methyl sites for hydroxylation is 1. The number of aromatic carboxylic acids is 1. The summed E-state index contributed by atoms with van der Waals surface area (Å²) in [6.07, 6.45) is 5.68. The molecule has 0 radical (unpaired) electrons. The molecular weight excluding hydrogens is 499 g/mol. The number of fused-ring (bicyclic) bond motifs is 1. The number of rotatable bonds is 6. The predicted octanol–water partition coefficient (Wildman–Crippen LogP) is 6.61. The van der Waals surface area contributed by atoms with Gasteiger partial charge in [-0.05, 0) is 64.3 Å². The van der Waals surface area contributed by atoms with Crippen LogP contribution in [0.25, 0.3) is 10.2 Å². The Hall–Kier alpha value is -3.31.